The molecule has 1 aliphatic rings. The molecule has 1 saturated heterocycles. The van der Waals surface area contributed by atoms with Crippen molar-refractivity contribution in [2.45, 2.75) is 52.7 Å². The van der Waals surface area contributed by atoms with Gasteiger partial charge in [-0.2, -0.15) is 0 Å². The first-order chi connectivity index (χ1) is 12.4. The summed E-state index contributed by atoms with van der Waals surface area (Å²) in [5.74, 6) is 0.367. The number of ether oxygens (including phenoxy) is 1. The van der Waals surface area contributed by atoms with Crippen LogP contribution < -0.4 is 5.56 Å². The zero-order chi connectivity index (χ0) is 18.7. The van der Waals surface area contributed by atoms with Gasteiger partial charge in [-0.15, -0.1) is 0 Å². The van der Waals surface area contributed by atoms with E-state index < -0.39 is 0 Å². The van der Waals surface area contributed by atoms with Crippen LogP contribution in [0.4, 0.5) is 0 Å². The van der Waals surface area contributed by atoms with Gasteiger partial charge in [0.05, 0.1) is 18.2 Å². The third-order valence-corrected chi connectivity index (χ3v) is 4.91. The first-order valence-electron chi connectivity index (χ1n) is 9.45. The number of para-hydroxylation sites is 1. The molecule has 1 amide bonds. The third kappa shape index (κ3) is 4.33. The number of carbonyl (C=O) groups excluding carboxylic acids is 1. The monoisotopic (exact) mass is 356 g/mol. The van der Waals surface area contributed by atoms with Crippen LogP contribution in [0.2, 0.25) is 0 Å². The molecule has 0 radical (unpaired) electrons. The number of hydrogen-bond acceptors (Lipinski definition) is 3. The SMILES string of the molecule is Cc1cccc2cc(CN(CC3CCCO3)C(=O)CC(C)C)c(=O)[nH]c12. The number of aromatic nitrogens is 1. The van der Waals surface area contributed by atoms with Gasteiger partial charge in [0.1, 0.15) is 0 Å². The van der Waals surface area contributed by atoms with E-state index in [2.05, 4.69) is 4.98 Å². The van der Waals surface area contributed by atoms with Crippen molar-refractivity contribution in [1.82, 2.24) is 9.88 Å². The van der Waals surface area contributed by atoms with Gasteiger partial charge in [0, 0.05) is 25.1 Å². The highest BCUT2D eigenvalue weighted by atomic mass is 16.5. The van der Waals surface area contributed by atoms with Gasteiger partial charge in [-0.25, -0.2) is 0 Å². The van der Waals surface area contributed by atoms with Gasteiger partial charge < -0.3 is 14.6 Å². The Balaban J connectivity index is 1.87. The fourth-order valence-electron chi connectivity index (χ4n) is 3.52. The van der Waals surface area contributed by atoms with Crippen molar-refractivity contribution in [1.29, 1.82) is 0 Å². The zero-order valence-electron chi connectivity index (χ0n) is 15.9. The van der Waals surface area contributed by atoms with Crippen LogP contribution in [0.25, 0.3) is 10.9 Å². The summed E-state index contributed by atoms with van der Waals surface area (Å²) in [5, 5.41) is 0.993. The number of aryl methyl sites for hydroxylation is 1. The Labute approximate surface area is 154 Å². The van der Waals surface area contributed by atoms with E-state index in [-0.39, 0.29) is 23.5 Å². The number of benzene rings is 1. The molecule has 0 bridgehead atoms. The van der Waals surface area contributed by atoms with Crippen molar-refractivity contribution < 1.29 is 9.53 Å². The molecule has 3 rings (SSSR count). The summed E-state index contributed by atoms with van der Waals surface area (Å²) in [6, 6.07) is 7.86. The topological polar surface area (TPSA) is 62.4 Å². The Morgan fingerprint density at radius 2 is 2.19 bits per heavy atom. The summed E-state index contributed by atoms with van der Waals surface area (Å²) < 4.78 is 5.71. The Kier molecular flexibility index (Phi) is 5.77. The highest BCUT2D eigenvalue weighted by molar-refractivity contribution is 5.82. The Hall–Kier alpha value is -2.14. The molecule has 5 nitrogen and oxygen atoms in total. The number of carbonyl (C=O) groups is 1. The van der Waals surface area contributed by atoms with Crippen molar-refractivity contribution in [3.05, 3.63) is 45.7 Å². The van der Waals surface area contributed by atoms with Gasteiger partial charge in [-0.1, -0.05) is 32.0 Å². The van der Waals surface area contributed by atoms with E-state index in [1.807, 2.05) is 45.0 Å². The van der Waals surface area contributed by atoms with E-state index >= 15 is 0 Å². The summed E-state index contributed by atoms with van der Waals surface area (Å²) in [4.78, 5) is 30.1. The number of nitrogens with zero attached hydrogens (tertiary/aromatic N) is 1. The summed E-state index contributed by atoms with van der Waals surface area (Å²) in [7, 11) is 0. The number of pyridine rings is 1. The molecule has 1 unspecified atom stereocenters. The van der Waals surface area contributed by atoms with Gasteiger partial charge in [0.2, 0.25) is 5.91 Å². The predicted octanol–water partition coefficient (Wildman–Crippen LogP) is 3.39. The molecule has 1 fully saturated rings. The molecule has 1 aliphatic heterocycles. The van der Waals surface area contributed by atoms with Crippen molar-refractivity contribution in [3.63, 3.8) is 0 Å². The molecule has 2 aromatic rings. The lowest BCUT2D eigenvalue weighted by molar-refractivity contribution is -0.134. The molecule has 0 spiro atoms. The Morgan fingerprint density at radius 1 is 1.38 bits per heavy atom. The van der Waals surface area contributed by atoms with Gasteiger partial charge in [-0.05, 0) is 42.7 Å². The fourth-order valence-corrected chi connectivity index (χ4v) is 3.52. The van der Waals surface area contributed by atoms with Gasteiger partial charge in [0.25, 0.3) is 5.56 Å². The highest BCUT2D eigenvalue weighted by Gasteiger charge is 2.24. The van der Waals surface area contributed by atoms with Gasteiger partial charge in [0.15, 0.2) is 0 Å². The first-order valence-corrected chi connectivity index (χ1v) is 9.45. The molecule has 1 aromatic carbocycles. The molecular formula is C21H28N2O3. The van der Waals surface area contributed by atoms with Gasteiger partial charge >= 0.3 is 0 Å². The summed E-state index contributed by atoms with van der Waals surface area (Å²) in [5.41, 5.74) is 2.40. The molecule has 1 aromatic heterocycles. The second-order valence-corrected chi connectivity index (χ2v) is 7.67. The Morgan fingerprint density at radius 3 is 2.88 bits per heavy atom. The number of H-pyrrole nitrogens is 1. The van der Waals surface area contributed by atoms with Crippen LogP contribution in [0.5, 0.6) is 0 Å². The summed E-state index contributed by atoms with van der Waals surface area (Å²) in [6.45, 7) is 7.68. The van der Waals surface area contributed by atoms with Crippen molar-refractivity contribution in [3.8, 4) is 0 Å². The molecule has 0 aliphatic carbocycles. The molecule has 26 heavy (non-hydrogen) atoms. The van der Waals surface area contributed by atoms with E-state index in [4.69, 9.17) is 4.74 Å². The van der Waals surface area contributed by atoms with Crippen LogP contribution in [0.1, 0.15) is 44.2 Å². The van der Waals surface area contributed by atoms with E-state index in [0.717, 1.165) is 35.9 Å². The van der Waals surface area contributed by atoms with E-state index in [9.17, 15) is 9.59 Å². The molecule has 2 heterocycles. The van der Waals surface area contributed by atoms with Crippen LogP contribution in [0, 0.1) is 12.8 Å². The van der Waals surface area contributed by atoms with Crippen LogP contribution in [0.3, 0.4) is 0 Å². The average molecular weight is 356 g/mol. The number of amides is 1. The summed E-state index contributed by atoms with van der Waals surface area (Å²) >= 11 is 0. The van der Waals surface area contributed by atoms with Crippen LogP contribution in [0.15, 0.2) is 29.1 Å². The lowest BCUT2D eigenvalue weighted by Crippen LogP contribution is -2.38. The lowest BCUT2D eigenvalue weighted by Gasteiger charge is -2.26. The second kappa shape index (κ2) is 8.04. The smallest absolute Gasteiger partial charge is 0.253 e. The number of hydrogen-bond donors (Lipinski definition) is 1. The van der Waals surface area contributed by atoms with E-state index in [1.165, 1.54) is 0 Å². The average Bonchev–Trinajstić information content (AvgIpc) is 3.08. The number of aromatic amines is 1. The van der Waals surface area contributed by atoms with Gasteiger partial charge in [-0.3, -0.25) is 9.59 Å². The van der Waals surface area contributed by atoms with E-state index in [1.54, 1.807) is 4.90 Å². The Bertz CT molecular complexity index is 835. The summed E-state index contributed by atoms with van der Waals surface area (Å²) in [6.07, 6.45) is 2.57. The number of rotatable bonds is 6. The molecule has 1 atom stereocenters. The standard InChI is InChI=1S/C21H28N2O3/c1-14(2)10-19(24)23(13-18-8-5-9-26-18)12-17-11-16-7-4-6-15(3)20(16)22-21(17)25/h4,6-7,11,14,18H,5,8-10,12-13H2,1-3H3,(H,22,25). The molecule has 1 N–H and O–H groups in total. The van der Waals surface area contributed by atoms with Crippen molar-refractivity contribution in [2.75, 3.05) is 13.2 Å². The second-order valence-electron chi connectivity index (χ2n) is 7.67. The maximum atomic E-state index is 12.7. The fraction of sp³-hybridized carbons (Fsp3) is 0.524. The molecular weight excluding hydrogens is 328 g/mol. The molecule has 0 saturated carbocycles. The number of nitrogens with one attached hydrogen (secondary N) is 1. The minimum Gasteiger partial charge on any atom is -0.376 e. The van der Waals surface area contributed by atoms with Crippen LogP contribution in [-0.2, 0) is 16.1 Å². The lowest BCUT2D eigenvalue weighted by atomic mass is 10.1. The number of fused-ring (bicyclic) bond motifs is 1. The van der Waals surface area contributed by atoms with E-state index in [0.29, 0.717) is 25.1 Å². The van der Waals surface area contributed by atoms with Crippen molar-refractivity contribution in [2.24, 2.45) is 5.92 Å². The zero-order valence-corrected chi connectivity index (χ0v) is 15.9. The van der Waals surface area contributed by atoms with Crippen LogP contribution in [-0.4, -0.2) is 35.0 Å². The minimum atomic E-state index is -0.124. The van der Waals surface area contributed by atoms with Crippen molar-refractivity contribution >= 4 is 16.8 Å². The largest absolute Gasteiger partial charge is 0.376 e. The molecule has 140 valence electrons. The first kappa shape index (κ1) is 18.6. The predicted molar refractivity (Wildman–Crippen MR) is 103 cm³/mol. The maximum Gasteiger partial charge on any atom is 0.253 e. The molecule has 5 heteroatoms. The maximum absolute atomic E-state index is 12.7. The quantitative estimate of drug-likeness (QED) is 0.863. The normalized spacial score (nSPS) is 17.2. The minimum absolute atomic E-state index is 0.0768. The highest BCUT2D eigenvalue weighted by Crippen LogP contribution is 2.19. The third-order valence-electron chi connectivity index (χ3n) is 4.91. The van der Waals surface area contributed by atoms with Crippen LogP contribution >= 0.6 is 0 Å².